The molecule has 0 saturated heterocycles. The average molecular weight is 393 g/mol. The number of pyridine rings is 1. The monoisotopic (exact) mass is 393 g/mol. The Balaban J connectivity index is 1.70. The van der Waals surface area contributed by atoms with Crippen LogP contribution in [0.3, 0.4) is 0 Å². The van der Waals surface area contributed by atoms with E-state index in [1.54, 1.807) is 35.4 Å². The number of nitrogens with one attached hydrogen (secondary N) is 1. The summed E-state index contributed by atoms with van der Waals surface area (Å²) in [6, 6.07) is 18.4. The average Bonchev–Trinajstić information content (AvgIpc) is 2.70. The Bertz CT molecular complexity index is 1130. The number of rotatable bonds is 4. The predicted octanol–water partition coefficient (Wildman–Crippen LogP) is 3.11. The van der Waals surface area contributed by atoms with E-state index < -0.39 is 9.84 Å². The van der Waals surface area contributed by atoms with Gasteiger partial charge < -0.3 is 10.2 Å². The molecular weight excluding hydrogens is 374 g/mol. The van der Waals surface area contributed by atoms with Gasteiger partial charge in [0.05, 0.1) is 23.7 Å². The maximum Gasteiger partial charge on any atom is 0.246 e. The van der Waals surface area contributed by atoms with Gasteiger partial charge in [-0.3, -0.25) is 4.79 Å². The van der Waals surface area contributed by atoms with Crippen molar-refractivity contribution in [3.05, 3.63) is 72.4 Å². The quantitative estimate of drug-likeness (QED) is 0.737. The second-order valence-corrected chi connectivity index (χ2v) is 8.72. The molecule has 3 aromatic rings. The van der Waals surface area contributed by atoms with Crippen molar-refractivity contribution in [3.8, 4) is 11.1 Å². The summed E-state index contributed by atoms with van der Waals surface area (Å²) < 4.78 is 23.3. The molecule has 142 valence electrons. The van der Waals surface area contributed by atoms with Gasteiger partial charge in [-0.1, -0.05) is 42.5 Å². The lowest BCUT2D eigenvalue weighted by atomic mass is 10.1. The Morgan fingerprint density at radius 3 is 2.43 bits per heavy atom. The Labute approximate surface area is 163 Å². The molecule has 0 bridgehead atoms. The van der Waals surface area contributed by atoms with Crippen LogP contribution in [-0.2, 0) is 21.2 Å². The number of nitrogens with zero attached hydrogens (tertiary/aromatic N) is 2. The van der Waals surface area contributed by atoms with Crippen LogP contribution in [0.25, 0.3) is 11.1 Å². The third-order valence-electron chi connectivity index (χ3n) is 4.67. The number of fused-ring (bicyclic) bond motifs is 1. The fourth-order valence-corrected chi connectivity index (χ4v) is 3.81. The van der Waals surface area contributed by atoms with Gasteiger partial charge in [0.2, 0.25) is 5.91 Å². The number of carbonyl (C=O) groups is 1. The lowest BCUT2D eigenvalue weighted by Crippen LogP contribution is -2.39. The van der Waals surface area contributed by atoms with Crippen molar-refractivity contribution in [3.63, 3.8) is 0 Å². The summed E-state index contributed by atoms with van der Waals surface area (Å²) in [5.41, 5.74) is 3.39. The molecule has 1 aromatic heterocycles. The highest BCUT2D eigenvalue weighted by Crippen LogP contribution is 2.33. The molecule has 0 radical (unpaired) electrons. The zero-order valence-electron chi connectivity index (χ0n) is 15.3. The van der Waals surface area contributed by atoms with Gasteiger partial charge in [-0.2, -0.15) is 0 Å². The Morgan fingerprint density at radius 1 is 1.04 bits per heavy atom. The summed E-state index contributed by atoms with van der Waals surface area (Å²) in [5.74, 6) is 0.634. The topological polar surface area (TPSA) is 79.4 Å². The zero-order chi connectivity index (χ0) is 19.7. The van der Waals surface area contributed by atoms with Gasteiger partial charge in [-0.25, -0.2) is 13.4 Å². The number of carbonyl (C=O) groups excluding carboxylic acids is 1. The summed E-state index contributed by atoms with van der Waals surface area (Å²) in [6.45, 7) is 0.668. The first-order chi connectivity index (χ1) is 13.4. The Kier molecular flexibility index (Phi) is 4.60. The maximum absolute atomic E-state index is 12.5. The van der Waals surface area contributed by atoms with E-state index in [4.69, 9.17) is 0 Å². The fourth-order valence-electron chi connectivity index (χ4n) is 3.18. The summed E-state index contributed by atoms with van der Waals surface area (Å²) in [7, 11) is -3.25. The molecule has 2 aromatic carbocycles. The van der Waals surface area contributed by atoms with Crippen molar-refractivity contribution in [1.82, 2.24) is 4.98 Å². The second kappa shape index (κ2) is 7.09. The van der Waals surface area contributed by atoms with E-state index in [-0.39, 0.29) is 17.3 Å². The molecule has 0 spiro atoms. The standard InChI is InChI=1S/C21H19N3O3S/c1-28(26,27)18-9-7-16(8-10-18)17-11-19-21(22-12-17)23-13-20(25)24(19)14-15-5-3-2-4-6-15/h2-12H,13-14H2,1H3,(H,22,23). The number of anilines is 2. The number of amides is 1. The predicted molar refractivity (Wildman–Crippen MR) is 109 cm³/mol. The van der Waals surface area contributed by atoms with E-state index >= 15 is 0 Å². The molecule has 1 aliphatic rings. The van der Waals surface area contributed by atoms with Crippen LogP contribution in [0.2, 0.25) is 0 Å². The number of aromatic nitrogens is 1. The molecule has 6 nitrogen and oxygen atoms in total. The number of sulfone groups is 1. The minimum Gasteiger partial charge on any atom is -0.359 e. The van der Waals surface area contributed by atoms with Crippen LogP contribution in [0.4, 0.5) is 11.5 Å². The van der Waals surface area contributed by atoms with E-state index in [9.17, 15) is 13.2 Å². The largest absolute Gasteiger partial charge is 0.359 e. The molecule has 1 aliphatic heterocycles. The van der Waals surface area contributed by atoms with Crippen LogP contribution >= 0.6 is 0 Å². The fraction of sp³-hybridized carbons (Fsp3) is 0.143. The molecule has 4 rings (SSSR count). The molecule has 7 heteroatoms. The van der Waals surface area contributed by atoms with Crippen LogP contribution < -0.4 is 10.2 Å². The van der Waals surface area contributed by atoms with Crippen molar-refractivity contribution in [1.29, 1.82) is 0 Å². The SMILES string of the molecule is CS(=O)(=O)c1ccc(-c2cnc3c(c2)N(Cc2ccccc2)C(=O)CN3)cc1. The van der Waals surface area contributed by atoms with Gasteiger partial charge in [0, 0.05) is 18.0 Å². The molecular formula is C21H19N3O3S. The van der Waals surface area contributed by atoms with Crippen LogP contribution in [-0.4, -0.2) is 32.1 Å². The highest BCUT2D eigenvalue weighted by molar-refractivity contribution is 7.90. The highest BCUT2D eigenvalue weighted by Gasteiger charge is 2.25. The zero-order valence-corrected chi connectivity index (χ0v) is 16.1. The Morgan fingerprint density at radius 2 is 1.75 bits per heavy atom. The first-order valence-electron chi connectivity index (χ1n) is 8.80. The van der Waals surface area contributed by atoms with E-state index in [1.165, 1.54) is 6.26 Å². The van der Waals surface area contributed by atoms with Crippen LogP contribution in [0.1, 0.15) is 5.56 Å². The van der Waals surface area contributed by atoms with Crippen molar-refractivity contribution < 1.29 is 13.2 Å². The van der Waals surface area contributed by atoms with Crippen molar-refractivity contribution in [2.75, 3.05) is 23.0 Å². The first-order valence-corrected chi connectivity index (χ1v) is 10.7. The highest BCUT2D eigenvalue weighted by atomic mass is 32.2. The summed E-state index contributed by atoms with van der Waals surface area (Å²) >= 11 is 0. The molecule has 1 amide bonds. The van der Waals surface area contributed by atoms with Gasteiger partial charge in [-0.15, -0.1) is 0 Å². The van der Waals surface area contributed by atoms with E-state index in [2.05, 4.69) is 10.3 Å². The van der Waals surface area contributed by atoms with Gasteiger partial charge in [0.1, 0.15) is 0 Å². The van der Waals surface area contributed by atoms with Crippen molar-refractivity contribution in [2.45, 2.75) is 11.4 Å². The number of hydrogen-bond donors (Lipinski definition) is 1. The molecule has 0 atom stereocenters. The molecule has 1 N–H and O–H groups in total. The number of hydrogen-bond acceptors (Lipinski definition) is 5. The molecule has 28 heavy (non-hydrogen) atoms. The normalized spacial score (nSPS) is 13.8. The van der Waals surface area contributed by atoms with E-state index in [1.807, 2.05) is 36.4 Å². The van der Waals surface area contributed by atoms with Gasteiger partial charge in [-0.05, 0) is 29.3 Å². The second-order valence-electron chi connectivity index (χ2n) is 6.71. The van der Waals surface area contributed by atoms with Crippen molar-refractivity contribution in [2.24, 2.45) is 0 Å². The molecule has 0 unspecified atom stereocenters. The van der Waals surface area contributed by atoms with E-state index in [0.29, 0.717) is 18.1 Å². The van der Waals surface area contributed by atoms with E-state index in [0.717, 1.165) is 16.7 Å². The first kappa shape index (κ1) is 18.2. The smallest absolute Gasteiger partial charge is 0.246 e. The van der Waals surface area contributed by atoms with Crippen molar-refractivity contribution >= 4 is 27.2 Å². The third-order valence-corrected chi connectivity index (χ3v) is 5.79. The molecule has 2 heterocycles. The molecule has 0 saturated carbocycles. The summed E-state index contributed by atoms with van der Waals surface area (Å²) in [5, 5.41) is 3.05. The van der Waals surface area contributed by atoms with Crippen LogP contribution in [0, 0.1) is 0 Å². The minimum atomic E-state index is -3.25. The molecule has 0 fully saturated rings. The minimum absolute atomic E-state index is 0.0253. The lowest BCUT2D eigenvalue weighted by Gasteiger charge is -2.30. The third kappa shape index (κ3) is 3.61. The van der Waals surface area contributed by atoms with Crippen LogP contribution in [0.5, 0.6) is 0 Å². The van der Waals surface area contributed by atoms with Crippen LogP contribution in [0.15, 0.2) is 71.8 Å². The summed E-state index contributed by atoms with van der Waals surface area (Å²) in [6.07, 6.45) is 2.90. The Hall–Kier alpha value is -3.19. The number of benzene rings is 2. The lowest BCUT2D eigenvalue weighted by molar-refractivity contribution is -0.117. The maximum atomic E-state index is 12.5. The molecule has 0 aliphatic carbocycles. The summed E-state index contributed by atoms with van der Waals surface area (Å²) in [4.78, 5) is 19.0. The van der Waals surface area contributed by atoms with Gasteiger partial charge in [0.15, 0.2) is 15.7 Å². The van der Waals surface area contributed by atoms with Gasteiger partial charge in [0.25, 0.3) is 0 Å². The van der Waals surface area contributed by atoms with Gasteiger partial charge >= 0.3 is 0 Å².